The van der Waals surface area contributed by atoms with Crippen LogP contribution in [0, 0.1) is 0 Å². The van der Waals surface area contributed by atoms with E-state index in [-0.39, 0.29) is 11.0 Å². The van der Waals surface area contributed by atoms with Crippen LogP contribution in [-0.2, 0) is 4.84 Å². The Morgan fingerprint density at radius 1 is 1.67 bits per heavy atom. The number of nitrogen functional groups attached to an aromatic ring is 1. The topological polar surface area (TPSA) is 73.4 Å². The van der Waals surface area contributed by atoms with Gasteiger partial charge in [-0.1, -0.05) is 16.8 Å². The number of hydrogen-bond acceptors (Lipinski definition) is 5. The second-order valence-electron chi connectivity index (χ2n) is 1.88. The first-order valence-electron chi connectivity index (χ1n) is 3.08. The predicted octanol–water partition coefficient (Wildman–Crippen LogP) is 0.693. The van der Waals surface area contributed by atoms with Crippen LogP contribution in [0.4, 0.5) is 5.82 Å². The van der Waals surface area contributed by atoms with Crippen molar-refractivity contribution in [2.24, 2.45) is 5.16 Å². The highest BCUT2D eigenvalue weighted by atomic mass is 35.5. The summed E-state index contributed by atoms with van der Waals surface area (Å²) in [4.78, 5) is 11.9. The summed E-state index contributed by atoms with van der Waals surface area (Å²) in [7, 11) is 1.42. The minimum Gasteiger partial charge on any atom is -0.399 e. The van der Waals surface area contributed by atoms with Crippen LogP contribution in [0.2, 0.25) is 5.15 Å². The lowest BCUT2D eigenvalue weighted by Gasteiger charge is -1.98. The van der Waals surface area contributed by atoms with E-state index in [4.69, 9.17) is 17.3 Å². The van der Waals surface area contributed by atoms with Crippen LogP contribution in [0.3, 0.4) is 0 Å². The molecule has 0 spiro atoms. The van der Waals surface area contributed by atoms with E-state index in [1.807, 2.05) is 0 Å². The van der Waals surface area contributed by atoms with Crippen LogP contribution in [0.5, 0.6) is 0 Å². The standard InChI is InChI=1S/C6H7ClN4O/c1-12-11-2-4-5(7)9-3-10-6(4)8/h2-3H,1H3,(H2,8,9,10). The monoisotopic (exact) mass is 186 g/mol. The fourth-order valence-electron chi connectivity index (χ4n) is 0.611. The molecule has 12 heavy (non-hydrogen) atoms. The molecule has 0 aliphatic carbocycles. The second kappa shape index (κ2) is 3.87. The molecular weight excluding hydrogens is 180 g/mol. The predicted molar refractivity (Wildman–Crippen MR) is 46.1 cm³/mol. The van der Waals surface area contributed by atoms with Crippen molar-refractivity contribution in [1.29, 1.82) is 0 Å². The van der Waals surface area contributed by atoms with E-state index < -0.39 is 0 Å². The van der Waals surface area contributed by atoms with E-state index in [9.17, 15) is 0 Å². The van der Waals surface area contributed by atoms with E-state index in [2.05, 4.69) is 20.0 Å². The third-order valence-electron chi connectivity index (χ3n) is 1.15. The highest BCUT2D eigenvalue weighted by Crippen LogP contribution is 2.13. The SMILES string of the molecule is CON=Cc1c(N)ncnc1Cl. The molecule has 0 saturated carbocycles. The van der Waals surface area contributed by atoms with Crippen molar-refractivity contribution in [3.05, 3.63) is 17.0 Å². The quantitative estimate of drug-likeness (QED) is 0.419. The van der Waals surface area contributed by atoms with Crippen LogP contribution >= 0.6 is 11.6 Å². The Labute approximate surface area is 74.2 Å². The van der Waals surface area contributed by atoms with E-state index in [0.29, 0.717) is 5.56 Å². The summed E-state index contributed by atoms with van der Waals surface area (Å²) >= 11 is 5.69. The maximum atomic E-state index is 5.69. The second-order valence-corrected chi connectivity index (χ2v) is 2.24. The molecule has 1 rings (SSSR count). The number of aromatic nitrogens is 2. The summed E-state index contributed by atoms with van der Waals surface area (Å²) in [5.41, 5.74) is 5.94. The van der Waals surface area contributed by atoms with Crippen molar-refractivity contribution in [2.45, 2.75) is 0 Å². The fourth-order valence-corrected chi connectivity index (χ4v) is 0.801. The molecule has 0 unspecified atom stereocenters. The molecule has 0 aromatic carbocycles. The Kier molecular flexibility index (Phi) is 2.82. The van der Waals surface area contributed by atoms with Crippen molar-refractivity contribution in [3.63, 3.8) is 0 Å². The summed E-state index contributed by atoms with van der Waals surface area (Å²) in [6.07, 6.45) is 2.64. The van der Waals surface area contributed by atoms with E-state index >= 15 is 0 Å². The minimum atomic E-state index is 0.253. The Hall–Kier alpha value is -1.36. The van der Waals surface area contributed by atoms with Crippen molar-refractivity contribution in [1.82, 2.24) is 9.97 Å². The van der Waals surface area contributed by atoms with Gasteiger partial charge in [-0.05, 0) is 0 Å². The lowest BCUT2D eigenvalue weighted by atomic mass is 10.3. The average molecular weight is 187 g/mol. The number of nitrogens with two attached hydrogens (primary N) is 1. The third kappa shape index (κ3) is 1.82. The number of anilines is 1. The van der Waals surface area contributed by atoms with Crippen LogP contribution in [0.15, 0.2) is 11.5 Å². The molecule has 0 aliphatic heterocycles. The molecule has 0 radical (unpaired) electrons. The molecule has 1 aromatic rings. The maximum Gasteiger partial charge on any atom is 0.143 e. The Morgan fingerprint density at radius 3 is 3.00 bits per heavy atom. The molecule has 6 heteroatoms. The van der Waals surface area contributed by atoms with Crippen molar-refractivity contribution >= 4 is 23.6 Å². The summed E-state index contributed by atoms with van der Waals surface area (Å²) in [5.74, 6) is 0.274. The molecular formula is C6H7ClN4O. The van der Waals surface area contributed by atoms with Gasteiger partial charge in [-0.15, -0.1) is 0 Å². The zero-order chi connectivity index (χ0) is 8.97. The number of halogens is 1. The van der Waals surface area contributed by atoms with Crippen LogP contribution in [0.1, 0.15) is 5.56 Å². The molecule has 64 valence electrons. The number of nitrogens with zero attached hydrogens (tertiary/aromatic N) is 3. The largest absolute Gasteiger partial charge is 0.399 e. The fraction of sp³-hybridized carbons (Fsp3) is 0.167. The lowest BCUT2D eigenvalue weighted by Crippen LogP contribution is -1.99. The van der Waals surface area contributed by atoms with Crippen molar-refractivity contribution in [3.8, 4) is 0 Å². The molecule has 0 bridgehead atoms. The average Bonchev–Trinajstić information content (AvgIpc) is 2.04. The van der Waals surface area contributed by atoms with Gasteiger partial charge in [-0.3, -0.25) is 0 Å². The third-order valence-corrected chi connectivity index (χ3v) is 1.45. The van der Waals surface area contributed by atoms with Gasteiger partial charge in [0.2, 0.25) is 0 Å². The molecule has 0 fully saturated rings. The lowest BCUT2D eigenvalue weighted by molar-refractivity contribution is 0.215. The summed E-state index contributed by atoms with van der Waals surface area (Å²) in [6, 6.07) is 0. The molecule has 1 aromatic heterocycles. The number of hydrogen-bond donors (Lipinski definition) is 1. The first kappa shape index (κ1) is 8.73. The van der Waals surface area contributed by atoms with Gasteiger partial charge in [-0.2, -0.15) is 0 Å². The van der Waals surface area contributed by atoms with Crippen LogP contribution < -0.4 is 5.73 Å². The highest BCUT2D eigenvalue weighted by Gasteiger charge is 2.03. The first-order valence-corrected chi connectivity index (χ1v) is 3.46. The number of rotatable bonds is 2. The molecule has 0 amide bonds. The highest BCUT2D eigenvalue weighted by molar-refractivity contribution is 6.32. The normalized spacial score (nSPS) is 10.5. The van der Waals surface area contributed by atoms with Gasteiger partial charge >= 0.3 is 0 Å². The zero-order valence-electron chi connectivity index (χ0n) is 6.36. The Bertz CT molecular complexity index is 281. The van der Waals surface area contributed by atoms with Crippen molar-refractivity contribution in [2.75, 3.05) is 12.8 Å². The van der Waals surface area contributed by atoms with Gasteiger partial charge in [0.05, 0.1) is 11.8 Å². The number of oxime groups is 1. The molecule has 5 nitrogen and oxygen atoms in total. The molecule has 2 N–H and O–H groups in total. The summed E-state index contributed by atoms with van der Waals surface area (Å²) in [6.45, 7) is 0. The van der Waals surface area contributed by atoms with Gasteiger partial charge in [0.25, 0.3) is 0 Å². The summed E-state index contributed by atoms with van der Waals surface area (Å²) in [5, 5.41) is 3.75. The van der Waals surface area contributed by atoms with Gasteiger partial charge in [0, 0.05) is 0 Å². The Balaban J connectivity index is 3.04. The molecule has 1 heterocycles. The van der Waals surface area contributed by atoms with Crippen LogP contribution in [-0.4, -0.2) is 23.3 Å². The van der Waals surface area contributed by atoms with E-state index in [1.54, 1.807) is 0 Å². The van der Waals surface area contributed by atoms with Gasteiger partial charge in [-0.25, -0.2) is 9.97 Å². The molecule has 0 atom stereocenters. The van der Waals surface area contributed by atoms with E-state index in [0.717, 1.165) is 0 Å². The first-order chi connectivity index (χ1) is 5.75. The maximum absolute atomic E-state index is 5.69. The van der Waals surface area contributed by atoms with E-state index in [1.165, 1.54) is 19.7 Å². The van der Waals surface area contributed by atoms with Gasteiger partial charge in [0.1, 0.15) is 24.4 Å². The minimum absolute atomic E-state index is 0.253. The summed E-state index contributed by atoms with van der Waals surface area (Å²) < 4.78 is 0. The molecule has 0 saturated heterocycles. The zero-order valence-corrected chi connectivity index (χ0v) is 7.12. The van der Waals surface area contributed by atoms with Gasteiger partial charge in [0.15, 0.2) is 0 Å². The van der Waals surface area contributed by atoms with Gasteiger partial charge < -0.3 is 10.6 Å². The Morgan fingerprint density at radius 2 is 2.42 bits per heavy atom. The smallest absolute Gasteiger partial charge is 0.143 e. The molecule has 0 aliphatic rings. The van der Waals surface area contributed by atoms with Crippen LogP contribution in [0.25, 0.3) is 0 Å². The van der Waals surface area contributed by atoms with Crippen molar-refractivity contribution < 1.29 is 4.84 Å².